The fourth-order valence-corrected chi connectivity index (χ4v) is 7.51. The van der Waals surface area contributed by atoms with Crippen molar-refractivity contribution in [3.8, 4) is 16.9 Å². The zero-order chi connectivity index (χ0) is 39.9. The second-order valence-corrected chi connectivity index (χ2v) is 15.6. The van der Waals surface area contributed by atoms with Gasteiger partial charge in [0.1, 0.15) is 17.1 Å². The molecule has 296 valence electrons. The van der Waals surface area contributed by atoms with Crippen LogP contribution in [0.25, 0.3) is 27.8 Å². The van der Waals surface area contributed by atoms with E-state index in [1.807, 2.05) is 52.8 Å². The van der Waals surface area contributed by atoms with Crippen LogP contribution in [0.15, 0.2) is 73.4 Å². The van der Waals surface area contributed by atoms with E-state index in [4.69, 9.17) is 18.9 Å². The molecule has 9 nitrogen and oxygen atoms in total. The average molecular weight is 752 g/mol. The molecule has 0 N–H and O–H groups in total. The second kappa shape index (κ2) is 18.2. The number of carbonyl (C=O) groups excluding carboxylic acids is 2. The van der Waals surface area contributed by atoms with Crippen molar-refractivity contribution in [3.63, 3.8) is 0 Å². The maximum atomic E-state index is 15.1. The normalized spacial score (nSPS) is 16.9. The summed E-state index contributed by atoms with van der Waals surface area (Å²) in [4.78, 5) is 32.3. The molecular weight excluding hydrogens is 691 g/mol. The number of ether oxygens (including phenoxy) is 4. The smallest absolute Gasteiger partial charge is 0.410 e. The summed E-state index contributed by atoms with van der Waals surface area (Å²) >= 11 is 0. The number of carbonyl (C=O) groups is 2. The van der Waals surface area contributed by atoms with Gasteiger partial charge in [-0.3, -0.25) is 4.79 Å². The molecule has 6 rings (SSSR count). The molecule has 1 saturated carbocycles. The summed E-state index contributed by atoms with van der Waals surface area (Å²) in [5.41, 5.74) is 6.84. The van der Waals surface area contributed by atoms with Gasteiger partial charge in [-0.25, -0.2) is 4.79 Å². The largest absolute Gasteiger partial charge is 0.497 e. The molecule has 2 amide bonds. The predicted molar refractivity (Wildman–Crippen MR) is 221 cm³/mol. The molecule has 2 fully saturated rings. The highest BCUT2D eigenvalue weighted by atomic mass is 16.6. The number of likely N-dealkylation sites (tertiary alicyclic amines) is 1. The van der Waals surface area contributed by atoms with Gasteiger partial charge < -0.3 is 33.3 Å². The Balaban J connectivity index is 0.00000285. The van der Waals surface area contributed by atoms with Gasteiger partial charge in [-0.05, 0) is 99.0 Å². The average Bonchev–Trinajstić information content (AvgIpc) is 3.97. The minimum atomic E-state index is -0.636. The van der Waals surface area contributed by atoms with Crippen LogP contribution in [0.3, 0.4) is 0 Å². The molecule has 4 aromatic rings. The molecule has 1 aliphatic heterocycles. The highest BCUT2D eigenvalue weighted by Crippen LogP contribution is 2.42. The lowest BCUT2D eigenvalue weighted by Crippen LogP contribution is -2.51. The van der Waals surface area contributed by atoms with E-state index in [0.717, 1.165) is 69.3 Å². The van der Waals surface area contributed by atoms with Gasteiger partial charge in [0, 0.05) is 81.4 Å². The lowest BCUT2D eigenvalue weighted by atomic mass is 9.79. The number of piperidine rings is 1. The van der Waals surface area contributed by atoms with Crippen LogP contribution in [0.2, 0.25) is 0 Å². The van der Waals surface area contributed by atoms with Crippen LogP contribution in [0.5, 0.6) is 5.75 Å². The number of hydrogen-bond donors (Lipinski definition) is 0. The van der Waals surface area contributed by atoms with E-state index < -0.39 is 11.5 Å². The van der Waals surface area contributed by atoms with Crippen molar-refractivity contribution in [1.29, 1.82) is 0 Å². The lowest BCUT2D eigenvalue weighted by Gasteiger charge is -2.40. The summed E-state index contributed by atoms with van der Waals surface area (Å²) in [7, 11) is 5.38. The van der Waals surface area contributed by atoms with Crippen molar-refractivity contribution in [2.75, 3.05) is 40.5 Å². The number of benzene rings is 3. The van der Waals surface area contributed by atoms with Gasteiger partial charge in [0.15, 0.2) is 0 Å². The summed E-state index contributed by atoms with van der Waals surface area (Å²) in [6, 6.07) is 21.2. The highest BCUT2D eigenvalue weighted by Gasteiger charge is 2.44. The van der Waals surface area contributed by atoms with Crippen molar-refractivity contribution in [2.45, 2.75) is 91.3 Å². The number of fused-ring (bicyclic) bond motifs is 1. The van der Waals surface area contributed by atoms with Crippen molar-refractivity contribution in [2.24, 2.45) is 13.0 Å². The fraction of sp³-hybridized carbons (Fsp3) is 0.478. The van der Waals surface area contributed by atoms with Gasteiger partial charge in [-0.15, -0.1) is 0 Å². The molecule has 3 aromatic carbocycles. The third-order valence-corrected chi connectivity index (χ3v) is 10.3. The lowest BCUT2D eigenvalue weighted by molar-refractivity contribution is -0.139. The van der Waals surface area contributed by atoms with Crippen LogP contribution in [-0.2, 0) is 32.6 Å². The Morgan fingerprint density at radius 2 is 1.64 bits per heavy atom. The fourth-order valence-electron chi connectivity index (χ4n) is 7.51. The number of aromatic nitrogens is 1. The molecule has 1 aromatic heterocycles. The summed E-state index contributed by atoms with van der Waals surface area (Å²) < 4.78 is 24.6. The van der Waals surface area contributed by atoms with E-state index in [0.29, 0.717) is 45.0 Å². The van der Waals surface area contributed by atoms with Gasteiger partial charge in [-0.1, -0.05) is 56.8 Å². The molecule has 1 saturated heterocycles. The first-order chi connectivity index (χ1) is 26.3. The zero-order valence-corrected chi connectivity index (χ0v) is 34.4. The van der Waals surface area contributed by atoms with E-state index in [1.165, 1.54) is 0 Å². The third-order valence-electron chi connectivity index (χ3n) is 10.3. The molecular formula is C46H61N3O6. The monoisotopic (exact) mass is 751 g/mol. The molecule has 2 atom stereocenters. The summed E-state index contributed by atoms with van der Waals surface area (Å²) in [5, 5.41) is 1.12. The number of methoxy groups -OCH3 is 2. The van der Waals surface area contributed by atoms with Crippen molar-refractivity contribution >= 4 is 28.7 Å². The first kappa shape index (κ1) is 41.4. The molecule has 55 heavy (non-hydrogen) atoms. The quantitative estimate of drug-likeness (QED) is 0.100. The van der Waals surface area contributed by atoms with Crippen LogP contribution in [0.4, 0.5) is 4.79 Å². The summed E-state index contributed by atoms with van der Waals surface area (Å²) in [5.74, 6) is 0.971. The van der Waals surface area contributed by atoms with E-state index in [2.05, 4.69) is 78.7 Å². The van der Waals surface area contributed by atoms with Crippen LogP contribution in [0.1, 0.15) is 88.5 Å². The first-order valence-corrected chi connectivity index (χ1v) is 19.8. The molecule has 0 bridgehead atoms. The molecule has 0 spiro atoms. The molecule has 2 heterocycles. The zero-order valence-electron chi connectivity index (χ0n) is 34.4. The number of hydrogen-bond acceptors (Lipinski definition) is 6. The number of aryl methyl sites for hydroxylation is 2. The van der Waals surface area contributed by atoms with E-state index in [9.17, 15) is 4.79 Å². The molecule has 1 aliphatic carbocycles. The highest BCUT2D eigenvalue weighted by molar-refractivity contribution is 5.91. The molecule has 0 unspecified atom stereocenters. The van der Waals surface area contributed by atoms with Crippen molar-refractivity contribution in [1.82, 2.24) is 14.4 Å². The Bertz CT molecular complexity index is 1940. The van der Waals surface area contributed by atoms with Crippen molar-refractivity contribution in [3.05, 3.63) is 95.7 Å². The van der Waals surface area contributed by atoms with E-state index >= 15 is 4.79 Å². The summed E-state index contributed by atoms with van der Waals surface area (Å²) in [6.07, 6.45) is 5.20. The van der Waals surface area contributed by atoms with Crippen LogP contribution >= 0.6 is 0 Å². The van der Waals surface area contributed by atoms with Gasteiger partial charge >= 0.3 is 6.09 Å². The Hall–Kier alpha value is -4.76. The Morgan fingerprint density at radius 3 is 2.29 bits per heavy atom. The Morgan fingerprint density at radius 1 is 0.927 bits per heavy atom. The van der Waals surface area contributed by atoms with Gasteiger partial charge in [0.05, 0.1) is 19.6 Å². The second-order valence-electron chi connectivity index (χ2n) is 15.6. The van der Waals surface area contributed by atoms with Crippen LogP contribution in [-0.4, -0.2) is 78.5 Å². The number of rotatable bonds is 13. The first-order valence-electron chi connectivity index (χ1n) is 19.8. The molecule has 0 radical (unpaired) electrons. The van der Waals surface area contributed by atoms with E-state index in [1.54, 1.807) is 19.1 Å². The maximum Gasteiger partial charge on any atom is 0.410 e. The third kappa shape index (κ3) is 10.3. The predicted octanol–water partition coefficient (Wildman–Crippen LogP) is 9.74. The van der Waals surface area contributed by atoms with Gasteiger partial charge in [0.25, 0.3) is 0 Å². The molecule has 2 aliphatic rings. The number of amides is 2. The Kier molecular flexibility index (Phi) is 13.7. The van der Waals surface area contributed by atoms with E-state index in [-0.39, 0.29) is 24.0 Å². The van der Waals surface area contributed by atoms with Crippen LogP contribution < -0.4 is 4.74 Å². The maximum absolute atomic E-state index is 15.1. The van der Waals surface area contributed by atoms with Gasteiger partial charge in [0.2, 0.25) is 5.91 Å². The summed E-state index contributed by atoms with van der Waals surface area (Å²) in [6.45, 7) is 18.2. The number of nitrogens with zero attached hydrogens (tertiary/aromatic N) is 3. The molecule has 9 heteroatoms. The van der Waals surface area contributed by atoms with Gasteiger partial charge in [-0.2, -0.15) is 0 Å². The SMILES string of the molecule is C=C(OC)c1ccc(-c2ccc3c(c2)c([C@H]2CCN(C(=O)OC(C)(C)C)C[C@@H]2C(=O)N(Cc2cc(C)cc(OCCCOC)c2)C2CC2)cn3C)cc1.CC. The Labute approximate surface area is 328 Å². The minimum absolute atomic E-state index is 0.0805. The van der Waals surface area contributed by atoms with Crippen LogP contribution in [0, 0.1) is 12.8 Å². The van der Waals surface area contributed by atoms with Crippen molar-refractivity contribution < 1.29 is 28.5 Å². The topological polar surface area (TPSA) is 82.5 Å². The standard InChI is InChI=1S/C44H55N3O6.C2H6/c1-29-22-31(24-36(23-29)52-21-9-20-50-7)26-47(35-15-16-35)42(48)40-28-46(43(49)53-44(3,4)5)19-18-37(40)39-27-45(6)41-17-14-34(25-38(39)41)33-12-10-32(11-13-33)30(2)51-8;1-2/h10-14,17,22-25,27,35,37,40H,2,9,15-16,18-21,26,28H2,1,3-8H3;1-2H3/t37-,40+;/m1./s1. The minimum Gasteiger partial charge on any atom is -0.497 e.